The Morgan fingerprint density at radius 2 is 0.538 bits per heavy atom. The number of hydrogen-bond acceptors (Lipinski definition) is 8. The molecule has 0 aliphatic heterocycles. The first-order valence-electron chi connectivity index (χ1n) is 1.89. The Kier molecular flexibility index (Phi) is 345. The van der Waals surface area contributed by atoms with Gasteiger partial charge in [-0.3, -0.25) is 0 Å². The van der Waals surface area contributed by atoms with E-state index in [1.54, 1.807) is 0 Å². The van der Waals surface area contributed by atoms with E-state index in [1.807, 2.05) is 0 Å². The summed E-state index contributed by atoms with van der Waals surface area (Å²) in [7, 11) is 0. The van der Waals surface area contributed by atoms with Crippen LogP contribution in [0.5, 0.6) is 0 Å². The van der Waals surface area contributed by atoms with Crippen LogP contribution in [-0.2, 0) is 39.3 Å². The zero-order valence-corrected chi connectivity index (χ0v) is 8.30. The molecule has 13 heavy (non-hydrogen) atoms. The van der Waals surface area contributed by atoms with Gasteiger partial charge < -0.3 is 39.6 Å². The van der Waals surface area contributed by atoms with Crippen molar-refractivity contribution in [2.24, 2.45) is 0 Å². The van der Waals surface area contributed by atoms with Gasteiger partial charge >= 0.3 is 0 Å². The van der Waals surface area contributed by atoms with E-state index in [1.165, 1.54) is 0 Å². The summed E-state index contributed by atoms with van der Waals surface area (Å²) in [6.07, 6.45) is 0. The third-order valence-electron chi connectivity index (χ3n) is 0. The topological polar surface area (TPSA) is 161 Å². The van der Waals surface area contributed by atoms with Crippen molar-refractivity contribution in [2.75, 3.05) is 0 Å². The molecule has 0 fully saturated rings. The fourth-order valence-corrected chi connectivity index (χ4v) is 0. The second kappa shape index (κ2) is 149. The van der Waals surface area contributed by atoms with Crippen LogP contribution in [0, 0.1) is 0 Å². The molecule has 0 aromatic rings. The molecule has 1 radical (unpaired) electrons. The summed E-state index contributed by atoms with van der Waals surface area (Å²) in [5.41, 5.74) is 0. The molecule has 0 unspecified atom stereocenters. The van der Waals surface area contributed by atoms with E-state index in [2.05, 4.69) is 0 Å². The minimum atomic E-state index is -0.500. The van der Waals surface area contributed by atoms with Crippen LogP contribution < -0.4 is 20.4 Å². The average molecular weight is 372 g/mol. The summed E-state index contributed by atoms with van der Waals surface area (Å²) in [6, 6.07) is 0. The van der Waals surface area contributed by atoms with Crippen LogP contribution in [0.25, 0.3) is 0 Å². The predicted octanol–water partition coefficient (Wildman–Crippen LogP) is -6.54. The molecule has 8 nitrogen and oxygen atoms in total. The molecule has 9 heteroatoms. The van der Waals surface area contributed by atoms with Gasteiger partial charge in [-0.2, -0.15) is 0 Å². The van der Waals surface area contributed by atoms with Crippen LogP contribution in [0.4, 0.5) is 0 Å². The zero-order chi connectivity index (χ0) is 10.8. The van der Waals surface area contributed by atoms with Gasteiger partial charge in [0.1, 0.15) is 0 Å². The van der Waals surface area contributed by atoms with E-state index in [-0.39, 0.29) is 20.1 Å². The van der Waals surface area contributed by atoms with E-state index in [9.17, 15) is 0 Å². The third-order valence-corrected chi connectivity index (χ3v) is 0. The Morgan fingerprint density at radius 1 is 0.538 bits per heavy atom. The Hall–Kier alpha value is -1.47. The van der Waals surface area contributed by atoms with Crippen molar-refractivity contribution in [1.82, 2.24) is 0 Å². The second-order valence-electron chi connectivity index (χ2n) is 0.385. The second-order valence-corrected chi connectivity index (χ2v) is 0.385. The Balaban J connectivity index is -0.0000000213. The number of rotatable bonds is 0. The standard InChI is InChI=1S/4CH2O2.Ir/c4*2-1-3;/h4*1H,(H,2,3);/p-4. The Morgan fingerprint density at radius 3 is 0.538 bits per heavy atom. The molecular formula is C4H4IrO8-4. The van der Waals surface area contributed by atoms with Crippen molar-refractivity contribution >= 4 is 25.9 Å². The fraction of sp³-hybridized carbons (Fsp3) is 0. The summed E-state index contributed by atoms with van der Waals surface area (Å²) in [4.78, 5) is 33.0. The summed E-state index contributed by atoms with van der Waals surface area (Å²) < 4.78 is 0. The van der Waals surface area contributed by atoms with Gasteiger partial charge in [0.25, 0.3) is 0 Å². The summed E-state index contributed by atoms with van der Waals surface area (Å²) >= 11 is 0. The summed E-state index contributed by atoms with van der Waals surface area (Å²) in [6.45, 7) is -2.00. The molecule has 0 aliphatic rings. The number of carboxylic acid groups (broad SMARTS) is 4. The minimum Gasteiger partial charge on any atom is -0.554 e. The van der Waals surface area contributed by atoms with Gasteiger partial charge in [-0.25, -0.2) is 0 Å². The number of carbonyl (C=O) groups is 4. The van der Waals surface area contributed by atoms with Crippen LogP contribution in [0.3, 0.4) is 0 Å². The van der Waals surface area contributed by atoms with E-state index in [4.69, 9.17) is 39.6 Å². The summed E-state index contributed by atoms with van der Waals surface area (Å²) in [5, 5.41) is 33.0. The Bertz CT molecular complexity index is 70.1. The quantitative estimate of drug-likeness (QED) is 0.379. The van der Waals surface area contributed by atoms with Crippen molar-refractivity contribution in [1.29, 1.82) is 0 Å². The smallest absolute Gasteiger partial charge is 0.0275 e. The van der Waals surface area contributed by atoms with Gasteiger partial charge in [0.2, 0.25) is 0 Å². The molecule has 0 atom stereocenters. The molecule has 0 aliphatic carbocycles. The first-order chi connectivity index (χ1) is 5.66. The molecule has 0 saturated carbocycles. The maximum absolute atomic E-state index is 8.25. The predicted molar refractivity (Wildman–Crippen MR) is 24.3 cm³/mol. The van der Waals surface area contributed by atoms with Gasteiger partial charge in [-0.15, -0.1) is 0 Å². The first kappa shape index (κ1) is 30.0. The molecule has 0 N–H and O–H groups in total. The molecule has 0 amide bonds. The molecule has 0 heterocycles. The largest absolute Gasteiger partial charge is 0.554 e. The molecular weight excluding hydrogens is 368 g/mol. The third kappa shape index (κ3) is 354. The number of hydrogen-bond donors (Lipinski definition) is 0. The van der Waals surface area contributed by atoms with Crippen LogP contribution in [0.1, 0.15) is 0 Å². The SMILES string of the molecule is O=C[O-].O=C[O-].O=C[O-].O=C[O-].[Ir]. The zero-order valence-electron chi connectivity index (χ0n) is 5.91. The number of carbonyl (C=O) groups excluding carboxylic acids is 4. The van der Waals surface area contributed by atoms with Crippen LogP contribution in [0.15, 0.2) is 0 Å². The van der Waals surface area contributed by atoms with Crippen molar-refractivity contribution in [3.63, 3.8) is 0 Å². The Labute approximate surface area is 86.2 Å². The van der Waals surface area contributed by atoms with Crippen LogP contribution >= 0.6 is 0 Å². The molecule has 0 aromatic heterocycles. The van der Waals surface area contributed by atoms with Gasteiger partial charge in [0.15, 0.2) is 0 Å². The van der Waals surface area contributed by atoms with Crippen LogP contribution in [-0.4, -0.2) is 25.9 Å². The van der Waals surface area contributed by atoms with Crippen molar-refractivity contribution < 1.29 is 59.7 Å². The first-order valence-corrected chi connectivity index (χ1v) is 1.89. The van der Waals surface area contributed by atoms with Crippen molar-refractivity contribution in [3.05, 3.63) is 0 Å². The van der Waals surface area contributed by atoms with Gasteiger partial charge in [-0.1, -0.05) is 0 Å². The van der Waals surface area contributed by atoms with E-state index in [0.717, 1.165) is 0 Å². The maximum Gasteiger partial charge on any atom is 0.0275 e. The van der Waals surface area contributed by atoms with E-state index < -0.39 is 25.9 Å². The maximum atomic E-state index is 8.25. The van der Waals surface area contributed by atoms with Crippen molar-refractivity contribution in [2.45, 2.75) is 0 Å². The minimum absolute atomic E-state index is 0. The average Bonchev–Trinajstić information content (AvgIpc) is 1.92. The summed E-state index contributed by atoms with van der Waals surface area (Å²) in [5.74, 6) is 0. The molecule has 81 valence electrons. The molecule has 0 bridgehead atoms. The molecule has 0 saturated heterocycles. The normalized spacial score (nSPS) is 3.69. The monoisotopic (exact) mass is 373 g/mol. The van der Waals surface area contributed by atoms with Gasteiger partial charge in [-0.05, 0) is 0 Å². The fourth-order valence-electron chi connectivity index (χ4n) is 0. The van der Waals surface area contributed by atoms with Gasteiger partial charge in [0, 0.05) is 46.0 Å². The molecule has 0 rings (SSSR count). The van der Waals surface area contributed by atoms with E-state index in [0.29, 0.717) is 0 Å². The van der Waals surface area contributed by atoms with E-state index >= 15 is 0 Å². The molecule has 0 aromatic carbocycles. The van der Waals surface area contributed by atoms with Crippen molar-refractivity contribution in [3.8, 4) is 0 Å². The van der Waals surface area contributed by atoms with Gasteiger partial charge in [0.05, 0.1) is 0 Å². The van der Waals surface area contributed by atoms with Crippen LogP contribution in [0.2, 0.25) is 0 Å². The molecule has 0 spiro atoms.